The number of aryl methyl sites for hydroxylation is 1. The average molecular weight is 250 g/mol. The van der Waals surface area contributed by atoms with Crippen molar-refractivity contribution in [2.24, 2.45) is 0 Å². The van der Waals surface area contributed by atoms with E-state index in [1.54, 1.807) is 12.4 Å². The quantitative estimate of drug-likeness (QED) is 0.813. The van der Waals surface area contributed by atoms with Gasteiger partial charge >= 0.3 is 5.51 Å². The molecule has 0 unspecified atom stereocenters. The van der Waals surface area contributed by atoms with Crippen molar-refractivity contribution in [3.05, 3.63) is 29.6 Å². The van der Waals surface area contributed by atoms with Crippen LogP contribution in [0.15, 0.2) is 18.5 Å². The molecular formula is C10H13F3N2S. The molecule has 0 spiro atoms. The number of pyridine rings is 1. The van der Waals surface area contributed by atoms with Crippen LogP contribution >= 0.6 is 11.8 Å². The van der Waals surface area contributed by atoms with Crippen molar-refractivity contribution in [3.63, 3.8) is 0 Å². The lowest BCUT2D eigenvalue weighted by Crippen LogP contribution is -2.18. The maximum Gasteiger partial charge on any atom is 0.441 e. The Labute approximate surface area is 96.6 Å². The molecule has 0 saturated carbocycles. The monoisotopic (exact) mass is 250 g/mol. The van der Waals surface area contributed by atoms with E-state index in [1.165, 1.54) is 0 Å². The van der Waals surface area contributed by atoms with Crippen LogP contribution < -0.4 is 5.32 Å². The van der Waals surface area contributed by atoms with Gasteiger partial charge in [-0.15, -0.1) is 0 Å². The molecule has 1 aromatic heterocycles. The number of nitrogens with one attached hydrogen (secondary N) is 1. The van der Waals surface area contributed by atoms with E-state index >= 15 is 0 Å². The highest BCUT2D eigenvalue weighted by atomic mass is 32.2. The fourth-order valence-corrected chi connectivity index (χ4v) is 1.64. The van der Waals surface area contributed by atoms with Crippen LogP contribution in [-0.2, 0) is 6.54 Å². The summed E-state index contributed by atoms with van der Waals surface area (Å²) in [4.78, 5) is 3.94. The molecule has 1 rings (SSSR count). The van der Waals surface area contributed by atoms with E-state index in [0.29, 0.717) is 13.1 Å². The second-order valence-electron chi connectivity index (χ2n) is 3.27. The smallest absolute Gasteiger partial charge is 0.312 e. The Balaban J connectivity index is 2.19. The van der Waals surface area contributed by atoms with E-state index < -0.39 is 5.51 Å². The van der Waals surface area contributed by atoms with Crippen molar-refractivity contribution in [2.75, 3.05) is 12.3 Å². The number of nitrogens with zero attached hydrogens (tertiary/aromatic N) is 1. The largest absolute Gasteiger partial charge is 0.441 e. The standard InChI is InChI=1S/C10H13F3N2S/c1-8-6-14-3-2-9(8)7-15-4-5-16-10(11,12)13/h2-3,6,15H,4-5,7H2,1H3. The van der Waals surface area contributed by atoms with Crippen LogP contribution in [-0.4, -0.2) is 22.8 Å². The van der Waals surface area contributed by atoms with Gasteiger partial charge in [-0.2, -0.15) is 13.2 Å². The maximum absolute atomic E-state index is 11.8. The number of halogens is 3. The van der Waals surface area contributed by atoms with Crippen molar-refractivity contribution < 1.29 is 13.2 Å². The van der Waals surface area contributed by atoms with Crippen molar-refractivity contribution in [3.8, 4) is 0 Å². The minimum absolute atomic E-state index is 0.00194. The van der Waals surface area contributed by atoms with Gasteiger partial charge in [0.25, 0.3) is 0 Å². The molecular weight excluding hydrogens is 237 g/mol. The Morgan fingerprint density at radius 2 is 2.19 bits per heavy atom. The van der Waals surface area contributed by atoms with Gasteiger partial charge in [0.05, 0.1) is 0 Å². The van der Waals surface area contributed by atoms with Gasteiger partial charge in [0.15, 0.2) is 0 Å². The van der Waals surface area contributed by atoms with Crippen LogP contribution in [0.4, 0.5) is 13.2 Å². The Bertz CT molecular complexity index is 328. The zero-order valence-electron chi connectivity index (χ0n) is 8.84. The van der Waals surface area contributed by atoms with Gasteiger partial charge in [-0.05, 0) is 35.9 Å². The number of alkyl halides is 3. The van der Waals surface area contributed by atoms with Crippen molar-refractivity contribution in [1.82, 2.24) is 10.3 Å². The maximum atomic E-state index is 11.8. The zero-order valence-corrected chi connectivity index (χ0v) is 9.66. The first-order chi connectivity index (χ1) is 7.49. The Morgan fingerprint density at radius 1 is 1.44 bits per heavy atom. The fraction of sp³-hybridized carbons (Fsp3) is 0.500. The van der Waals surface area contributed by atoms with E-state index in [4.69, 9.17) is 0 Å². The van der Waals surface area contributed by atoms with E-state index in [1.807, 2.05) is 13.0 Å². The number of aromatic nitrogens is 1. The summed E-state index contributed by atoms with van der Waals surface area (Å²) in [6.45, 7) is 2.84. The number of hydrogen-bond donors (Lipinski definition) is 1. The molecule has 0 aliphatic rings. The Morgan fingerprint density at radius 3 is 2.81 bits per heavy atom. The molecule has 0 bridgehead atoms. The third-order valence-corrected chi connectivity index (χ3v) is 2.73. The first kappa shape index (κ1) is 13.3. The van der Waals surface area contributed by atoms with Crippen LogP contribution in [0.2, 0.25) is 0 Å². The van der Waals surface area contributed by atoms with Crippen LogP contribution in [0.3, 0.4) is 0 Å². The third kappa shape index (κ3) is 5.37. The normalized spacial score (nSPS) is 11.8. The highest BCUT2D eigenvalue weighted by Crippen LogP contribution is 2.29. The first-order valence-electron chi connectivity index (χ1n) is 4.80. The minimum atomic E-state index is -4.13. The van der Waals surface area contributed by atoms with Crippen LogP contribution in [0, 0.1) is 6.92 Å². The van der Waals surface area contributed by atoms with Gasteiger partial charge in [0, 0.05) is 31.2 Å². The first-order valence-corrected chi connectivity index (χ1v) is 5.78. The molecule has 1 heterocycles. The second-order valence-corrected chi connectivity index (χ2v) is 4.43. The van der Waals surface area contributed by atoms with Crippen molar-refractivity contribution >= 4 is 11.8 Å². The minimum Gasteiger partial charge on any atom is -0.312 e. The Kier molecular flexibility index (Phi) is 5.08. The number of thioether (sulfide) groups is 1. The highest BCUT2D eigenvalue weighted by Gasteiger charge is 2.27. The Hall–Kier alpha value is -0.750. The summed E-state index contributed by atoms with van der Waals surface area (Å²) in [6.07, 6.45) is 3.41. The van der Waals surface area contributed by atoms with Gasteiger partial charge in [-0.1, -0.05) is 0 Å². The van der Waals surface area contributed by atoms with Gasteiger partial charge in [0.1, 0.15) is 0 Å². The molecule has 1 N–H and O–H groups in total. The van der Waals surface area contributed by atoms with Crippen LogP contribution in [0.25, 0.3) is 0 Å². The molecule has 0 saturated heterocycles. The lowest BCUT2D eigenvalue weighted by Gasteiger charge is -2.08. The topological polar surface area (TPSA) is 24.9 Å². The summed E-state index contributed by atoms with van der Waals surface area (Å²) in [6, 6.07) is 1.86. The summed E-state index contributed by atoms with van der Waals surface area (Å²) in [5.74, 6) is 0.0353. The van der Waals surface area contributed by atoms with Crippen LogP contribution in [0.5, 0.6) is 0 Å². The summed E-state index contributed by atoms with van der Waals surface area (Å²) in [5, 5.41) is 2.97. The summed E-state index contributed by atoms with van der Waals surface area (Å²) < 4.78 is 35.4. The van der Waals surface area contributed by atoms with Gasteiger partial charge in [-0.25, -0.2) is 0 Å². The predicted octanol–water partition coefficient (Wildman–Crippen LogP) is 2.73. The lowest BCUT2D eigenvalue weighted by molar-refractivity contribution is -0.0327. The van der Waals surface area contributed by atoms with Gasteiger partial charge in [0.2, 0.25) is 0 Å². The molecule has 1 aromatic rings. The number of hydrogen-bond acceptors (Lipinski definition) is 3. The average Bonchev–Trinajstić information content (AvgIpc) is 2.18. The van der Waals surface area contributed by atoms with Crippen molar-refractivity contribution in [2.45, 2.75) is 19.0 Å². The van der Waals surface area contributed by atoms with Gasteiger partial charge < -0.3 is 5.32 Å². The lowest BCUT2D eigenvalue weighted by atomic mass is 10.1. The summed E-state index contributed by atoms with van der Waals surface area (Å²) in [7, 11) is 0. The van der Waals surface area contributed by atoms with Crippen LogP contribution in [0.1, 0.15) is 11.1 Å². The molecule has 0 amide bonds. The molecule has 0 atom stereocenters. The second kappa shape index (κ2) is 6.10. The molecule has 6 heteroatoms. The molecule has 0 aliphatic heterocycles. The highest BCUT2D eigenvalue weighted by molar-refractivity contribution is 8.00. The molecule has 0 aromatic carbocycles. The molecule has 2 nitrogen and oxygen atoms in total. The number of rotatable bonds is 5. The molecule has 16 heavy (non-hydrogen) atoms. The summed E-state index contributed by atoms with van der Waals surface area (Å²) >= 11 is -0.00194. The van der Waals surface area contributed by atoms with E-state index in [0.717, 1.165) is 11.1 Å². The molecule has 0 fully saturated rings. The zero-order chi connectivity index (χ0) is 12.0. The van der Waals surface area contributed by atoms with E-state index in [-0.39, 0.29) is 17.5 Å². The molecule has 0 radical (unpaired) electrons. The fourth-order valence-electron chi connectivity index (χ4n) is 1.16. The van der Waals surface area contributed by atoms with E-state index in [9.17, 15) is 13.2 Å². The molecule has 90 valence electrons. The predicted molar refractivity (Wildman–Crippen MR) is 59.2 cm³/mol. The third-order valence-electron chi connectivity index (χ3n) is 2.00. The molecule has 0 aliphatic carbocycles. The van der Waals surface area contributed by atoms with E-state index in [2.05, 4.69) is 10.3 Å². The summed E-state index contributed by atoms with van der Waals surface area (Å²) in [5.41, 5.74) is -2.03. The van der Waals surface area contributed by atoms with Gasteiger partial charge in [-0.3, -0.25) is 4.98 Å². The van der Waals surface area contributed by atoms with Crippen molar-refractivity contribution in [1.29, 1.82) is 0 Å². The SMILES string of the molecule is Cc1cnccc1CNCCSC(F)(F)F.